The van der Waals surface area contributed by atoms with Gasteiger partial charge in [-0.2, -0.15) is 0 Å². The molecule has 7 nitrogen and oxygen atoms in total. The first-order valence-corrected chi connectivity index (χ1v) is 11.2. The van der Waals surface area contributed by atoms with E-state index in [4.69, 9.17) is 18.9 Å². The Morgan fingerprint density at radius 3 is 2.11 bits per heavy atom. The van der Waals surface area contributed by atoms with E-state index in [9.17, 15) is 14.0 Å². The maximum atomic E-state index is 13.6. The van der Waals surface area contributed by atoms with Crippen LogP contribution in [0.1, 0.15) is 42.7 Å². The van der Waals surface area contributed by atoms with E-state index in [1.807, 2.05) is 0 Å². The van der Waals surface area contributed by atoms with Crippen molar-refractivity contribution in [3.63, 3.8) is 0 Å². The van der Waals surface area contributed by atoms with Gasteiger partial charge in [0.2, 0.25) is 5.75 Å². The molecular formula is C27H28FNO6. The van der Waals surface area contributed by atoms with Crippen LogP contribution in [0.25, 0.3) is 0 Å². The summed E-state index contributed by atoms with van der Waals surface area (Å²) in [5.41, 5.74) is 3.71. The molecule has 0 bridgehead atoms. The second-order valence-corrected chi connectivity index (χ2v) is 8.52. The number of carbonyl (C=O) groups excluding carboxylic acids is 2. The van der Waals surface area contributed by atoms with Gasteiger partial charge in [0.25, 0.3) is 0 Å². The van der Waals surface area contributed by atoms with Crippen molar-refractivity contribution in [3.05, 3.63) is 75.9 Å². The number of rotatable bonds is 6. The minimum atomic E-state index is -0.686. The molecule has 0 fully saturated rings. The Kier molecular flexibility index (Phi) is 6.82. The number of hydrogen-bond donors (Lipinski definition) is 1. The highest BCUT2D eigenvalue weighted by Gasteiger charge is 2.42. The average molecular weight is 482 g/mol. The van der Waals surface area contributed by atoms with Crippen molar-refractivity contribution in [3.8, 4) is 17.2 Å². The summed E-state index contributed by atoms with van der Waals surface area (Å²) in [7, 11) is 5.84. The highest BCUT2D eigenvalue weighted by atomic mass is 19.1. The summed E-state index contributed by atoms with van der Waals surface area (Å²) >= 11 is 0. The number of carbonyl (C=O) groups is 2. The molecule has 35 heavy (non-hydrogen) atoms. The van der Waals surface area contributed by atoms with Crippen LogP contribution in [0.4, 0.5) is 4.39 Å². The van der Waals surface area contributed by atoms with Crippen LogP contribution in [0.2, 0.25) is 0 Å². The SMILES string of the molecule is COC(=O)C1=C(C)NC2=C(C(=O)C[C@@H](c3ccc(F)cc3)C2)[C@H]1c1cc(OC)c(OC)c(OC)c1. The molecule has 4 rings (SSSR count). The van der Waals surface area contributed by atoms with Crippen LogP contribution in [0.5, 0.6) is 17.2 Å². The Labute approximate surface area is 203 Å². The van der Waals surface area contributed by atoms with E-state index in [1.165, 1.54) is 40.6 Å². The van der Waals surface area contributed by atoms with Gasteiger partial charge in [0.15, 0.2) is 17.3 Å². The van der Waals surface area contributed by atoms with Crippen LogP contribution in [0.3, 0.4) is 0 Å². The Balaban J connectivity index is 1.87. The van der Waals surface area contributed by atoms with Crippen molar-refractivity contribution in [2.24, 2.45) is 0 Å². The zero-order chi connectivity index (χ0) is 25.3. The van der Waals surface area contributed by atoms with Gasteiger partial charge in [0.05, 0.1) is 34.0 Å². The van der Waals surface area contributed by atoms with E-state index in [0.29, 0.717) is 46.1 Å². The highest BCUT2D eigenvalue weighted by molar-refractivity contribution is 6.04. The second-order valence-electron chi connectivity index (χ2n) is 8.52. The van der Waals surface area contributed by atoms with Crippen molar-refractivity contribution in [1.82, 2.24) is 5.32 Å². The van der Waals surface area contributed by atoms with E-state index in [0.717, 1.165) is 11.3 Å². The Morgan fingerprint density at radius 2 is 1.57 bits per heavy atom. The largest absolute Gasteiger partial charge is 0.493 e. The van der Waals surface area contributed by atoms with Crippen molar-refractivity contribution in [2.45, 2.75) is 31.6 Å². The lowest BCUT2D eigenvalue weighted by Gasteiger charge is -2.36. The van der Waals surface area contributed by atoms with E-state index in [2.05, 4.69) is 5.32 Å². The van der Waals surface area contributed by atoms with E-state index in [-0.39, 0.29) is 23.9 Å². The minimum Gasteiger partial charge on any atom is -0.493 e. The number of Topliss-reactive ketones (excluding diaryl/α,β-unsaturated/α-hetero) is 1. The zero-order valence-electron chi connectivity index (χ0n) is 20.4. The van der Waals surface area contributed by atoms with Crippen LogP contribution < -0.4 is 19.5 Å². The Bertz CT molecular complexity index is 1210. The molecule has 0 saturated heterocycles. The predicted octanol–water partition coefficient (Wildman–Crippen LogP) is 4.39. The smallest absolute Gasteiger partial charge is 0.336 e. The molecule has 2 aromatic rings. The fourth-order valence-corrected chi connectivity index (χ4v) is 4.99. The van der Waals surface area contributed by atoms with Gasteiger partial charge in [-0.15, -0.1) is 0 Å². The van der Waals surface area contributed by atoms with Crippen LogP contribution in [0, 0.1) is 5.82 Å². The quantitative estimate of drug-likeness (QED) is 0.613. The number of esters is 1. The molecule has 2 aromatic carbocycles. The molecule has 8 heteroatoms. The number of methoxy groups -OCH3 is 4. The van der Waals surface area contributed by atoms with Gasteiger partial charge < -0.3 is 24.3 Å². The lowest BCUT2D eigenvalue weighted by atomic mass is 9.71. The lowest BCUT2D eigenvalue weighted by molar-refractivity contribution is -0.136. The molecule has 0 radical (unpaired) electrons. The molecule has 1 heterocycles. The van der Waals surface area contributed by atoms with E-state index < -0.39 is 11.9 Å². The summed E-state index contributed by atoms with van der Waals surface area (Å²) in [4.78, 5) is 26.5. The van der Waals surface area contributed by atoms with Crippen molar-refractivity contribution < 1.29 is 32.9 Å². The first kappa shape index (κ1) is 24.3. The van der Waals surface area contributed by atoms with Crippen molar-refractivity contribution in [1.29, 1.82) is 0 Å². The molecule has 0 unspecified atom stereocenters. The number of benzene rings is 2. The highest BCUT2D eigenvalue weighted by Crippen LogP contribution is 2.49. The van der Waals surface area contributed by atoms with Crippen LogP contribution in [0.15, 0.2) is 58.9 Å². The number of hydrogen-bond acceptors (Lipinski definition) is 7. The first-order valence-electron chi connectivity index (χ1n) is 11.2. The molecule has 1 N–H and O–H groups in total. The third kappa shape index (κ3) is 4.36. The van der Waals surface area contributed by atoms with Crippen LogP contribution in [-0.2, 0) is 14.3 Å². The fraction of sp³-hybridized carbons (Fsp3) is 0.333. The molecule has 2 atom stereocenters. The normalized spacial score (nSPS) is 19.7. The summed E-state index contributed by atoms with van der Waals surface area (Å²) in [5.74, 6) is -0.510. The molecule has 1 aliphatic heterocycles. The maximum Gasteiger partial charge on any atom is 0.336 e. The molecule has 2 aliphatic rings. The number of nitrogens with one attached hydrogen (secondary N) is 1. The first-order chi connectivity index (χ1) is 16.8. The summed E-state index contributed by atoms with van der Waals surface area (Å²) in [6.07, 6.45) is 0.778. The predicted molar refractivity (Wildman–Crippen MR) is 127 cm³/mol. The standard InChI is InChI=1S/C27H28FNO6/c1-14-23(27(31)35-5)24(17-12-21(32-2)26(34-4)22(13-17)33-3)25-19(29-14)10-16(11-20(25)30)15-6-8-18(28)9-7-15/h6-9,12-13,16,24,29H,10-11H2,1-5H3/t16-,24-/m0/s1. The average Bonchev–Trinajstić information content (AvgIpc) is 2.86. The van der Waals surface area contributed by atoms with Crippen molar-refractivity contribution in [2.75, 3.05) is 28.4 Å². The molecule has 0 spiro atoms. The van der Waals surface area contributed by atoms with E-state index >= 15 is 0 Å². The lowest BCUT2D eigenvalue weighted by Crippen LogP contribution is -2.36. The molecular weight excluding hydrogens is 453 g/mol. The zero-order valence-corrected chi connectivity index (χ0v) is 20.4. The second kappa shape index (κ2) is 9.82. The minimum absolute atomic E-state index is 0.0965. The number of ketones is 1. The topological polar surface area (TPSA) is 83.1 Å². The monoisotopic (exact) mass is 481 g/mol. The molecule has 0 aromatic heterocycles. The third-order valence-corrected chi connectivity index (χ3v) is 6.59. The van der Waals surface area contributed by atoms with E-state index in [1.54, 1.807) is 31.2 Å². The summed E-state index contributed by atoms with van der Waals surface area (Å²) in [5, 5.41) is 3.28. The van der Waals surface area contributed by atoms with Crippen LogP contribution >= 0.6 is 0 Å². The summed E-state index contributed by atoms with van der Waals surface area (Å²) < 4.78 is 35.0. The van der Waals surface area contributed by atoms with Gasteiger partial charge in [-0.1, -0.05) is 12.1 Å². The number of dihydropyridines is 1. The van der Waals surface area contributed by atoms with Gasteiger partial charge in [-0.05, 0) is 54.7 Å². The van der Waals surface area contributed by atoms with Gasteiger partial charge in [-0.3, -0.25) is 4.79 Å². The number of ether oxygens (including phenoxy) is 4. The maximum absolute atomic E-state index is 13.6. The van der Waals surface area contributed by atoms with Crippen molar-refractivity contribution >= 4 is 11.8 Å². The molecule has 0 saturated carbocycles. The molecule has 0 amide bonds. The number of halogens is 1. The Morgan fingerprint density at radius 1 is 0.943 bits per heavy atom. The van der Waals surface area contributed by atoms with Crippen LogP contribution in [-0.4, -0.2) is 40.2 Å². The number of allylic oxidation sites excluding steroid dienone is 3. The Hall–Kier alpha value is -3.81. The van der Waals surface area contributed by atoms with Gasteiger partial charge >= 0.3 is 5.97 Å². The van der Waals surface area contributed by atoms with Gasteiger partial charge in [0, 0.05) is 29.3 Å². The van der Waals surface area contributed by atoms with Gasteiger partial charge in [0.1, 0.15) is 5.82 Å². The molecule has 184 valence electrons. The summed E-state index contributed by atoms with van der Waals surface area (Å²) in [6, 6.07) is 9.71. The summed E-state index contributed by atoms with van der Waals surface area (Å²) in [6.45, 7) is 1.78. The van der Waals surface area contributed by atoms with Gasteiger partial charge in [-0.25, -0.2) is 9.18 Å². The molecule has 1 aliphatic carbocycles. The third-order valence-electron chi connectivity index (χ3n) is 6.59. The fourth-order valence-electron chi connectivity index (χ4n) is 4.99.